The van der Waals surface area contributed by atoms with Gasteiger partial charge in [0.25, 0.3) is 0 Å². The summed E-state index contributed by atoms with van der Waals surface area (Å²) < 4.78 is 1.95. The molecule has 4 heteroatoms. The molecule has 0 aromatic carbocycles. The number of rotatable bonds is 1. The Morgan fingerprint density at radius 3 is 2.06 bits per heavy atom. The Kier molecular flexibility index (Phi) is 3.45. The Labute approximate surface area is 100 Å². The van der Waals surface area contributed by atoms with E-state index in [9.17, 15) is 0 Å². The molecule has 86 valence electrons. The Morgan fingerprint density at radius 1 is 0.882 bits per heavy atom. The van der Waals surface area contributed by atoms with Crippen molar-refractivity contribution in [3.8, 4) is 0 Å². The van der Waals surface area contributed by atoms with Crippen molar-refractivity contribution in [2.24, 2.45) is 22.2 Å². The second-order valence-electron chi connectivity index (χ2n) is 3.66. The van der Waals surface area contributed by atoms with Crippen LogP contribution in [-0.4, -0.2) is 23.0 Å². The summed E-state index contributed by atoms with van der Waals surface area (Å²) in [5.41, 5.74) is 1.77. The van der Waals surface area contributed by atoms with Crippen LogP contribution in [0.15, 0.2) is 64.0 Å². The van der Waals surface area contributed by atoms with Crippen LogP contribution in [0, 0.1) is 0 Å². The van der Waals surface area contributed by atoms with Crippen LogP contribution in [0.4, 0.5) is 0 Å². The van der Waals surface area contributed by atoms with Crippen molar-refractivity contribution in [3.05, 3.63) is 54.2 Å². The van der Waals surface area contributed by atoms with Crippen molar-refractivity contribution in [1.29, 1.82) is 0 Å². The molecule has 0 saturated heterocycles. The van der Waals surface area contributed by atoms with E-state index in [1.807, 2.05) is 60.4 Å². The lowest BCUT2D eigenvalue weighted by Crippen LogP contribution is -2.03. The Balaban J connectivity index is 2.20. The van der Waals surface area contributed by atoms with Crippen LogP contribution < -0.4 is 5.36 Å². The van der Waals surface area contributed by atoms with Crippen molar-refractivity contribution in [2.45, 2.75) is 0 Å². The number of pyridine rings is 1. The van der Waals surface area contributed by atoms with Crippen LogP contribution in [-0.2, 0) is 7.05 Å². The minimum atomic E-state index is 0.825. The molecular weight excluding hydrogens is 212 g/mol. The maximum atomic E-state index is 4.16. The molecule has 1 aliphatic carbocycles. The van der Waals surface area contributed by atoms with Gasteiger partial charge in [-0.1, -0.05) is 0 Å². The van der Waals surface area contributed by atoms with Crippen LogP contribution in [0.3, 0.4) is 0 Å². The fraction of sp³-hybridized carbons (Fsp3) is 0.154. The summed E-state index contributed by atoms with van der Waals surface area (Å²) >= 11 is 0. The predicted molar refractivity (Wildman–Crippen MR) is 70.1 cm³/mol. The third-order valence-corrected chi connectivity index (χ3v) is 2.35. The molecule has 0 atom stereocenters. The van der Waals surface area contributed by atoms with E-state index >= 15 is 0 Å². The molecule has 1 aromatic heterocycles. The van der Waals surface area contributed by atoms with Crippen LogP contribution in [0.5, 0.6) is 0 Å². The molecule has 4 nitrogen and oxygen atoms in total. The first kappa shape index (κ1) is 11.3. The van der Waals surface area contributed by atoms with Crippen LogP contribution >= 0.6 is 0 Å². The van der Waals surface area contributed by atoms with E-state index in [-0.39, 0.29) is 0 Å². The zero-order chi connectivity index (χ0) is 12.1. The van der Waals surface area contributed by atoms with E-state index in [1.54, 1.807) is 7.05 Å². The van der Waals surface area contributed by atoms with E-state index in [4.69, 9.17) is 0 Å². The van der Waals surface area contributed by atoms with Gasteiger partial charge in [-0.2, -0.15) is 10.2 Å². The topological polar surface area (TPSA) is 42.0 Å². The maximum absolute atomic E-state index is 4.16. The molecule has 1 heterocycles. The van der Waals surface area contributed by atoms with Gasteiger partial charge in [0, 0.05) is 26.5 Å². The van der Waals surface area contributed by atoms with Gasteiger partial charge < -0.3 is 4.57 Å². The highest BCUT2D eigenvalue weighted by Gasteiger charge is 1.96. The average Bonchev–Trinajstić information content (AvgIpc) is 2.39. The number of nitrogens with zero attached hydrogens (tertiary/aromatic N) is 4. The fourth-order valence-corrected chi connectivity index (χ4v) is 1.34. The normalized spacial score (nSPS) is 13.8. The quantitative estimate of drug-likeness (QED) is 0.514. The summed E-state index contributed by atoms with van der Waals surface area (Å²) in [7, 11) is 3.73. The number of allylic oxidation sites excluding steroid dienone is 4. The first-order chi connectivity index (χ1) is 8.28. The van der Waals surface area contributed by atoms with Crippen molar-refractivity contribution in [1.82, 2.24) is 4.57 Å². The first-order valence-corrected chi connectivity index (χ1v) is 5.35. The molecule has 17 heavy (non-hydrogen) atoms. The largest absolute Gasteiger partial charge is 0.357 e. The Morgan fingerprint density at radius 2 is 1.47 bits per heavy atom. The average molecular weight is 226 g/mol. The van der Waals surface area contributed by atoms with Gasteiger partial charge in [0.1, 0.15) is 0 Å². The summed E-state index contributed by atoms with van der Waals surface area (Å²) in [5.74, 6) is 0. The second-order valence-corrected chi connectivity index (χ2v) is 3.66. The van der Waals surface area contributed by atoms with E-state index < -0.39 is 0 Å². The van der Waals surface area contributed by atoms with E-state index in [0.29, 0.717) is 0 Å². The molecule has 0 N–H and O–H groups in total. The zero-order valence-corrected chi connectivity index (χ0v) is 9.91. The maximum Gasteiger partial charge on any atom is 0.0886 e. The standard InChI is InChI=1S/C13H14N4/c1-14-11-3-5-12(6-4-11)15-16-13-7-9-17(2)10-8-13/h3-10H,1-2H3. The minimum absolute atomic E-state index is 0.825. The van der Waals surface area contributed by atoms with E-state index in [1.165, 1.54) is 0 Å². The van der Waals surface area contributed by atoms with Gasteiger partial charge >= 0.3 is 0 Å². The molecule has 0 unspecified atom stereocenters. The summed E-state index contributed by atoms with van der Waals surface area (Å²) in [6, 6.07) is 3.83. The van der Waals surface area contributed by atoms with Crippen molar-refractivity contribution < 1.29 is 0 Å². The zero-order valence-electron chi connectivity index (χ0n) is 9.91. The third kappa shape index (κ3) is 3.11. The molecule has 1 aromatic rings. The monoisotopic (exact) mass is 226 g/mol. The van der Waals surface area contributed by atoms with E-state index in [2.05, 4.69) is 15.2 Å². The van der Waals surface area contributed by atoms with E-state index in [0.717, 1.165) is 16.8 Å². The second kappa shape index (κ2) is 5.21. The molecule has 1 aliphatic rings. The molecule has 0 amide bonds. The lowest BCUT2D eigenvalue weighted by molar-refractivity contribution is 0.894. The third-order valence-electron chi connectivity index (χ3n) is 2.35. The van der Waals surface area contributed by atoms with Gasteiger partial charge in [0.2, 0.25) is 0 Å². The number of aromatic nitrogens is 1. The van der Waals surface area contributed by atoms with Crippen LogP contribution in [0.25, 0.3) is 0 Å². The van der Waals surface area contributed by atoms with Gasteiger partial charge in [0.15, 0.2) is 0 Å². The van der Waals surface area contributed by atoms with Gasteiger partial charge in [0.05, 0.1) is 16.8 Å². The highest BCUT2D eigenvalue weighted by atomic mass is 15.2. The lowest BCUT2D eigenvalue weighted by atomic mass is 10.1. The number of aryl methyl sites for hydroxylation is 1. The van der Waals surface area contributed by atoms with Crippen LogP contribution in [0.1, 0.15) is 0 Å². The van der Waals surface area contributed by atoms with Gasteiger partial charge in [-0.25, -0.2) is 0 Å². The summed E-state index contributed by atoms with van der Waals surface area (Å²) in [6.07, 6.45) is 11.5. The highest BCUT2D eigenvalue weighted by molar-refractivity contribution is 6.18. The fourth-order valence-electron chi connectivity index (χ4n) is 1.34. The van der Waals surface area contributed by atoms with Crippen molar-refractivity contribution in [3.63, 3.8) is 0 Å². The smallest absolute Gasteiger partial charge is 0.0886 e. The van der Waals surface area contributed by atoms with Gasteiger partial charge in [-0.05, 0) is 36.4 Å². The summed E-state index contributed by atoms with van der Waals surface area (Å²) in [5, 5.41) is 9.15. The predicted octanol–water partition coefficient (Wildman–Crippen LogP) is 1.48. The molecule has 0 saturated carbocycles. The van der Waals surface area contributed by atoms with Gasteiger partial charge in [-0.3, -0.25) is 4.99 Å². The Bertz CT molecular complexity index is 547. The molecule has 2 rings (SSSR count). The van der Waals surface area contributed by atoms with Crippen molar-refractivity contribution in [2.75, 3.05) is 7.05 Å². The number of aliphatic imine (C=N–C) groups is 1. The summed E-state index contributed by atoms with van der Waals surface area (Å²) in [4.78, 5) is 4.06. The molecule has 0 aliphatic heterocycles. The first-order valence-electron chi connectivity index (χ1n) is 5.35. The summed E-state index contributed by atoms with van der Waals surface area (Å²) in [6.45, 7) is 0. The number of hydrogen-bond acceptors (Lipinski definition) is 3. The van der Waals surface area contributed by atoms with Gasteiger partial charge in [-0.15, -0.1) is 0 Å². The SMILES string of the molecule is CN=C1C=CC(=NN=c2ccn(C)cc2)C=C1. The molecule has 0 bridgehead atoms. The number of hydrogen-bond donors (Lipinski definition) is 0. The lowest BCUT2D eigenvalue weighted by Gasteiger charge is -1.98. The molecule has 0 fully saturated rings. The molecule has 0 radical (unpaired) electrons. The van der Waals surface area contributed by atoms with Crippen LogP contribution in [0.2, 0.25) is 0 Å². The Hall–Kier alpha value is -2.23. The molecular formula is C13H14N4. The van der Waals surface area contributed by atoms with Crippen molar-refractivity contribution >= 4 is 11.4 Å². The highest BCUT2D eigenvalue weighted by Crippen LogP contribution is 1.97. The minimum Gasteiger partial charge on any atom is -0.357 e. The molecule has 0 spiro atoms.